The van der Waals surface area contributed by atoms with Gasteiger partial charge in [0.05, 0.1) is 0 Å². The highest BCUT2D eigenvalue weighted by atomic mass is 16.6. The molecule has 0 radical (unpaired) electrons. The largest absolute Gasteiger partial charge is 0.504 e. The zero-order valence-corrected chi connectivity index (χ0v) is 13.0. The number of carbonyl (C=O) groups is 1. The van der Waals surface area contributed by atoms with Gasteiger partial charge in [0.1, 0.15) is 5.75 Å². The molecule has 0 aliphatic rings. The molecule has 0 spiro atoms. The van der Waals surface area contributed by atoms with E-state index in [0.717, 1.165) is 11.1 Å². The third-order valence-corrected chi connectivity index (χ3v) is 3.29. The summed E-state index contributed by atoms with van der Waals surface area (Å²) in [6.07, 6.45) is 3.64. The van der Waals surface area contributed by atoms with Gasteiger partial charge in [-0.05, 0) is 47.9 Å². The van der Waals surface area contributed by atoms with E-state index in [4.69, 9.17) is 9.84 Å². The third kappa shape index (κ3) is 5.33. The van der Waals surface area contributed by atoms with Gasteiger partial charge in [-0.3, -0.25) is 4.79 Å². The van der Waals surface area contributed by atoms with Gasteiger partial charge in [0, 0.05) is 12.6 Å². The van der Waals surface area contributed by atoms with Crippen molar-refractivity contribution in [2.24, 2.45) is 0 Å². The van der Waals surface area contributed by atoms with Crippen LogP contribution < -0.4 is 10.1 Å². The molecule has 2 rings (SSSR count). The van der Waals surface area contributed by atoms with Crippen LogP contribution in [0.15, 0.2) is 48.5 Å². The average Bonchev–Trinajstić information content (AvgIpc) is 2.58. The molecule has 0 saturated heterocycles. The van der Waals surface area contributed by atoms with Crippen molar-refractivity contribution in [3.8, 4) is 17.2 Å². The van der Waals surface area contributed by atoms with Crippen molar-refractivity contribution >= 4 is 12.0 Å². The monoisotopic (exact) mass is 329 g/mol. The van der Waals surface area contributed by atoms with Gasteiger partial charge in [-0.15, -0.1) is 0 Å². The van der Waals surface area contributed by atoms with Gasteiger partial charge in [0.2, 0.25) is 5.91 Å². The molecule has 2 aromatic rings. The van der Waals surface area contributed by atoms with Crippen molar-refractivity contribution in [1.29, 1.82) is 0 Å². The zero-order chi connectivity index (χ0) is 17.4. The lowest BCUT2D eigenvalue weighted by Gasteiger charge is -2.04. The number of rotatable bonds is 7. The Hall–Kier alpha value is -2.99. The molecular weight excluding hydrogens is 310 g/mol. The molecule has 0 aliphatic heterocycles. The number of aliphatic hydroxyl groups excluding tert-OH is 1. The van der Waals surface area contributed by atoms with Crippen molar-refractivity contribution in [1.82, 2.24) is 5.32 Å². The average molecular weight is 329 g/mol. The summed E-state index contributed by atoms with van der Waals surface area (Å²) in [5, 5.41) is 30.0. The molecule has 0 saturated carbocycles. The molecule has 6 nitrogen and oxygen atoms in total. The summed E-state index contributed by atoms with van der Waals surface area (Å²) in [6, 6.07) is 11.5. The number of amides is 1. The maximum atomic E-state index is 11.8. The van der Waals surface area contributed by atoms with E-state index in [2.05, 4.69) is 5.32 Å². The van der Waals surface area contributed by atoms with Crippen molar-refractivity contribution < 1.29 is 24.9 Å². The molecule has 0 fully saturated rings. The fraction of sp³-hybridized carbons (Fsp3) is 0.167. The number of phenols is 2. The second-order valence-electron chi connectivity index (χ2n) is 5.04. The summed E-state index contributed by atoms with van der Waals surface area (Å²) < 4.78 is 4.92. The van der Waals surface area contributed by atoms with Crippen LogP contribution in [-0.4, -0.2) is 34.6 Å². The third-order valence-electron chi connectivity index (χ3n) is 3.29. The molecule has 2 aromatic carbocycles. The van der Waals surface area contributed by atoms with Crippen LogP contribution in [0.25, 0.3) is 6.08 Å². The lowest BCUT2D eigenvalue weighted by molar-refractivity contribution is -0.116. The molecule has 0 aliphatic carbocycles. The molecule has 24 heavy (non-hydrogen) atoms. The number of aromatic hydroxyl groups is 2. The van der Waals surface area contributed by atoms with Crippen LogP contribution in [0.2, 0.25) is 0 Å². The van der Waals surface area contributed by atoms with Crippen LogP contribution in [0, 0.1) is 0 Å². The summed E-state index contributed by atoms with van der Waals surface area (Å²) >= 11 is 0. The first kappa shape index (κ1) is 17.4. The van der Waals surface area contributed by atoms with Crippen molar-refractivity contribution in [3.05, 3.63) is 59.7 Å². The normalized spacial score (nSPS) is 10.7. The van der Waals surface area contributed by atoms with E-state index < -0.39 is 0 Å². The minimum atomic E-state index is -0.379. The standard InChI is InChI=1S/C18H19NO5/c20-12-24-15-5-1-13(2-6-15)4-8-18(23)19-10-9-14-3-7-16(21)17(22)11-14/h1-8,11,20-22H,9-10,12H2,(H,19,23). The van der Waals surface area contributed by atoms with Crippen molar-refractivity contribution in [2.45, 2.75) is 6.42 Å². The molecule has 126 valence electrons. The Morgan fingerprint density at radius 1 is 1.08 bits per heavy atom. The summed E-state index contributed by atoms with van der Waals surface area (Å²) in [4.78, 5) is 11.8. The van der Waals surface area contributed by atoms with E-state index >= 15 is 0 Å². The van der Waals surface area contributed by atoms with Gasteiger partial charge in [0.15, 0.2) is 18.3 Å². The number of nitrogens with one attached hydrogen (secondary N) is 1. The Morgan fingerprint density at radius 3 is 2.50 bits per heavy atom. The van der Waals surface area contributed by atoms with Crippen LogP contribution in [-0.2, 0) is 11.2 Å². The Bertz CT molecular complexity index is 710. The summed E-state index contributed by atoms with van der Waals surface area (Å²) in [5.41, 5.74) is 1.65. The SMILES string of the molecule is O=C(C=Cc1ccc(OCO)cc1)NCCc1ccc(O)c(O)c1. The smallest absolute Gasteiger partial charge is 0.244 e. The zero-order valence-electron chi connectivity index (χ0n) is 13.0. The minimum absolute atomic E-state index is 0.166. The van der Waals surface area contributed by atoms with E-state index in [0.29, 0.717) is 18.7 Å². The van der Waals surface area contributed by atoms with Crippen LogP contribution >= 0.6 is 0 Å². The molecule has 0 bridgehead atoms. The number of benzene rings is 2. The van der Waals surface area contributed by atoms with Gasteiger partial charge in [0.25, 0.3) is 0 Å². The van der Waals surface area contributed by atoms with Crippen LogP contribution in [0.3, 0.4) is 0 Å². The maximum absolute atomic E-state index is 11.8. The fourth-order valence-corrected chi connectivity index (χ4v) is 2.04. The molecule has 1 amide bonds. The summed E-state index contributed by atoms with van der Waals surface area (Å²) in [7, 11) is 0. The predicted molar refractivity (Wildman–Crippen MR) is 89.7 cm³/mol. The molecule has 0 heterocycles. The summed E-state index contributed by atoms with van der Waals surface area (Å²) in [6.45, 7) is 0.0348. The van der Waals surface area contributed by atoms with E-state index in [1.54, 1.807) is 36.4 Å². The van der Waals surface area contributed by atoms with E-state index in [-0.39, 0.29) is 24.2 Å². The van der Waals surface area contributed by atoms with Gasteiger partial charge in [-0.25, -0.2) is 0 Å². The van der Waals surface area contributed by atoms with Crippen LogP contribution in [0.5, 0.6) is 17.2 Å². The van der Waals surface area contributed by atoms with E-state index in [1.807, 2.05) is 0 Å². The lowest BCUT2D eigenvalue weighted by Crippen LogP contribution is -2.23. The molecule has 0 unspecified atom stereocenters. The van der Waals surface area contributed by atoms with Crippen LogP contribution in [0.1, 0.15) is 11.1 Å². The highest BCUT2D eigenvalue weighted by molar-refractivity contribution is 5.91. The Labute approximate surface area is 139 Å². The van der Waals surface area contributed by atoms with Gasteiger partial charge >= 0.3 is 0 Å². The van der Waals surface area contributed by atoms with Gasteiger partial charge in [-0.1, -0.05) is 18.2 Å². The topological polar surface area (TPSA) is 99.0 Å². The number of phenolic OH excluding ortho intramolecular Hbond substituents is 2. The van der Waals surface area contributed by atoms with Gasteiger partial charge in [-0.2, -0.15) is 0 Å². The summed E-state index contributed by atoms with van der Waals surface area (Å²) in [5.74, 6) is -0.0154. The second-order valence-corrected chi connectivity index (χ2v) is 5.04. The van der Waals surface area contributed by atoms with E-state index in [1.165, 1.54) is 18.2 Å². The van der Waals surface area contributed by atoms with Crippen molar-refractivity contribution in [2.75, 3.05) is 13.3 Å². The molecular formula is C18H19NO5. The first-order valence-electron chi connectivity index (χ1n) is 7.39. The van der Waals surface area contributed by atoms with Crippen LogP contribution in [0.4, 0.5) is 0 Å². The number of aliphatic hydroxyl groups is 1. The Morgan fingerprint density at radius 2 is 1.83 bits per heavy atom. The second kappa shape index (κ2) is 8.59. The minimum Gasteiger partial charge on any atom is -0.504 e. The lowest BCUT2D eigenvalue weighted by atomic mass is 10.1. The number of hydrogen-bond donors (Lipinski definition) is 4. The number of carbonyl (C=O) groups excluding carboxylic acids is 1. The fourth-order valence-electron chi connectivity index (χ4n) is 2.04. The molecule has 0 aromatic heterocycles. The van der Waals surface area contributed by atoms with E-state index in [9.17, 15) is 15.0 Å². The number of hydrogen-bond acceptors (Lipinski definition) is 5. The first-order valence-corrected chi connectivity index (χ1v) is 7.39. The number of ether oxygens (including phenoxy) is 1. The van der Waals surface area contributed by atoms with Gasteiger partial charge < -0.3 is 25.4 Å². The molecule has 0 atom stereocenters. The molecule has 6 heteroatoms. The highest BCUT2D eigenvalue weighted by Gasteiger charge is 2.01. The maximum Gasteiger partial charge on any atom is 0.244 e. The first-order chi connectivity index (χ1) is 11.6. The quantitative estimate of drug-likeness (QED) is 0.353. The highest BCUT2D eigenvalue weighted by Crippen LogP contribution is 2.24. The Kier molecular flexibility index (Phi) is 6.22. The molecule has 4 N–H and O–H groups in total. The Balaban J connectivity index is 1.78. The van der Waals surface area contributed by atoms with Crippen molar-refractivity contribution in [3.63, 3.8) is 0 Å². The predicted octanol–water partition coefficient (Wildman–Crippen LogP) is 1.80.